The van der Waals surface area contributed by atoms with E-state index in [0.717, 1.165) is 13.2 Å². The number of carbonyl (C=O) groups is 2. The lowest BCUT2D eigenvalue weighted by atomic mass is 9.79. The number of ether oxygens (including phenoxy) is 3. The van der Waals surface area contributed by atoms with Gasteiger partial charge in [-0.05, 0) is 23.8 Å². The summed E-state index contributed by atoms with van der Waals surface area (Å²) in [6.45, 7) is 0. The first kappa shape index (κ1) is 20.7. The molecule has 1 aliphatic rings. The molecule has 1 aromatic carbocycles. The van der Waals surface area contributed by atoms with Crippen molar-refractivity contribution >= 4 is 18.0 Å². The van der Waals surface area contributed by atoms with Gasteiger partial charge >= 0.3 is 11.9 Å². The summed E-state index contributed by atoms with van der Waals surface area (Å²) in [6.07, 6.45) is -2.61. The van der Waals surface area contributed by atoms with Gasteiger partial charge in [0.15, 0.2) is 17.1 Å². The molecule has 1 aromatic rings. The van der Waals surface area contributed by atoms with Gasteiger partial charge in [0.05, 0.1) is 20.3 Å². The SMILES string of the molecule is COC(=O)[C@]1(O)C[C@H](OC(=O)/C=C/c2ccc(O)c(OC)c2)[C@@H](O)[C@@H](O)C1. The number of rotatable bonds is 5. The van der Waals surface area contributed by atoms with Crippen LogP contribution in [0.25, 0.3) is 6.08 Å². The second-order valence-corrected chi connectivity index (χ2v) is 6.23. The molecule has 0 bridgehead atoms. The van der Waals surface area contributed by atoms with Gasteiger partial charge in [0.25, 0.3) is 0 Å². The minimum atomic E-state index is -2.06. The quantitative estimate of drug-likeness (QED) is 0.400. The van der Waals surface area contributed by atoms with Crippen LogP contribution < -0.4 is 4.74 Å². The number of phenols is 1. The minimum absolute atomic E-state index is 0.0568. The van der Waals surface area contributed by atoms with Crippen molar-refractivity contribution in [3.05, 3.63) is 29.8 Å². The van der Waals surface area contributed by atoms with E-state index in [4.69, 9.17) is 9.47 Å². The monoisotopic (exact) mass is 382 g/mol. The van der Waals surface area contributed by atoms with Crippen molar-refractivity contribution in [2.24, 2.45) is 0 Å². The third kappa shape index (κ3) is 4.76. The molecule has 0 radical (unpaired) electrons. The molecule has 0 spiro atoms. The molecule has 148 valence electrons. The number of carbonyl (C=O) groups excluding carboxylic acids is 2. The molecular weight excluding hydrogens is 360 g/mol. The van der Waals surface area contributed by atoms with E-state index in [1.54, 1.807) is 0 Å². The van der Waals surface area contributed by atoms with Gasteiger partial charge in [-0.25, -0.2) is 9.59 Å². The Hall–Kier alpha value is -2.62. The lowest BCUT2D eigenvalue weighted by Crippen LogP contribution is -2.57. The van der Waals surface area contributed by atoms with Gasteiger partial charge in [0, 0.05) is 18.9 Å². The van der Waals surface area contributed by atoms with E-state index in [0.29, 0.717) is 5.56 Å². The summed E-state index contributed by atoms with van der Waals surface area (Å²) in [7, 11) is 2.46. The van der Waals surface area contributed by atoms with E-state index >= 15 is 0 Å². The zero-order chi connectivity index (χ0) is 20.2. The highest BCUT2D eigenvalue weighted by atomic mass is 16.6. The van der Waals surface area contributed by atoms with Gasteiger partial charge in [-0.2, -0.15) is 0 Å². The van der Waals surface area contributed by atoms with Crippen molar-refractivity contribution in [2.75, 3.05) is 14.2 Å². The smallest absolute Gasteiger partial charge is 0.338 e. The summed E-state index contributed by atoms with van der Waals surface area (Å²) in [4.78, 5) is 23.7. The summed E-state index contributed by atoms with van der Waals surface area (Å²) in [5, 5.41) is 39.7. The Balaban J connectivity index is 2.08. The molecule has 0 aliphatic heterocycles. The average molecular weight is 382 g/mol. The molecule has 2 rings (SSSR count). The first-order valence-electron chi connectivity index (χ1n) is 8.13. The van der Waals surface area contributed by atoms with Crippen molar-refractivity contribution in [3.63, 3.8) is 0 Å². The Labute approximate surface area is 155 Å². The zero-order valence-corrected chi connectivity index (χ0v) is 14.9. The van der Waals surface area contributed by atoms with Crippen molar-refractivity contribution in [2.45, 2.75) is 36.8 Å². The molecule has 0 heterocycles. The maximum absolute atomic E-state index is 12.0. The standard InChI is InChI=1S/C18H22O9/c1-25-13-7-10(3-5-11(13)19)4-6-15(21)27-14-9-18(24,17(23)26-2)8-12(20)16(14)22/h3-7,12,14,16,19-20,22,24H,8-9H2,1-2H3/b6-4+/t12-,14-,16-,18+/m0/s1. The molecule has 27 heavy (non-hydrogen) atoms. The number of benzene rings is 1. The summed E-state index contributed by atoms with van der Waals surface area (Å²) < 4.78 is 14.5. The van der Waals surface area contributed by atoms with Gasteiger partial charge in [-0.3, -0.25) is 0 Å². The van der Waals surface area contributed by atoms with Crippen molar-refractivity contribution in [1.29, 1.82) is 0 Å². The predicted octanol–water partition coefficient (Wildman–Crippen LogP) is -0.255. The fraction of sp³-hybridized carbons (Fsp3) is 0.444. The van der Waals surface area contributed by atoms with Crippen LogP contribution in [-0.4, -0.2) is 70.5 Å². The predicted molar refractivity (Wildman–Crippen MR) is 91.8 cm³/mol. The molecule has 1 saturated carbocycles. The summed E-state index contributed by atoms with van der Waals surface area (Å²) in [5.41, 5.74) is -1.52. The number of esters is 2. The van der Waals surface area contributed by atoms with Crippen molar-refractivity contribution in [1.82, 2.24) is 0 Å². The maximum Gasteiger partial charge on any atom is 0.338 e. The molecule has 1 fully saturated rings. The highest BCUT2D eigenvalue weighted by molar-refractivity contribution is 5.87. The van der Waals surface area contributed by atoms with E-state index in [1.807, 2.05) is 0 Å². The van der Waals surface area contributed by atoms with Crippen LogP contribution in [0.15, 0.2) is 24.3 Å². The number of aliphatic hydroxyl groups excluding tert-OH is 2. The van der Waals surface area contributed by atoms with E-state index in [9.17, 15) is 30.0 Å². The largest absolute Gasteiger partial charge is 0.504 e. The third-order valence-electron chi connectivity index (χ3n) is 4.31. The lowest BCUT2D eigenvalue weighted by Gasteiger charge is -2.39. The van der Waals surface area contributed by atoms with E-state index in [-0.39, 0.29) is 11.5 Å². The molecule has 9 heteroatoms. The average Bonchev–Trinajstić information content (AvgIpc) is 2.64. The molecule has 1 aliphatic carbocycles. The van der Waals surface area contributed by atoms with E-state index in [2.05, 4.69) is 4.74 Å². The highest BCUT2D eigenvalue weighted by Gasteiger charge is 2.50. The summed E-state index contributed by atoms with van der Waals surface area (Å²) in [5.74, 6) is -1.67. The zero-order valence-electron chi connectivity index (χ0n) is 14.9. The van der Waals surface area contributed by atoms with Crippen LogP contribution >= 0.6 is 0 Å². The molecule has 0 saturated heterocycles. The van der Waals surface area contributed by atoms with Crippen molar-refractivity contribution in [3.8, 4) is 11.5 Å². The minimum Gasteiger partial charge on any atom is -0.504 e. The van der Waals surface area contributed by atoms with Gasteiger partial charge in [-0.15, -0.1) is 0 Å². The fourth-order valence-electron chi connectivity index (χ4n) is 2.87. The molecule has 4 atom stereocenters. The normalized spacial score (nSPS) is 28.0. The van der Waals surface area contributed by atoms with E-state index < -0.39 is 48.7 Å². The van der Waals surface area contributed by atoms with Gasteiger partial charge in [-0.1, -0.05) is 6.07 Å². The number of methoxy groups -OCH3 is 2. The molecule has 4 N–H and O–H groups in total. The topological polar surface area (TPSA) is 143 Å². The van der Waals surface area contributed by atoms with Crippen LogP contribution in [-0.2, 0) is 19.1 Å². The van der Waals surface area contributed by atoms with Crippen LogP contribution in [0.5, 0.6) is 11.5 Å². The Morgan fingerprint density at radius 2 is 1.93 bits per heavy atom. The van der Waals surface area contributed by atoms with Crippen LogP contribution in [0.1, 0.15) is 18.4 Å². The van der Waals surface area contributed by atoms with Crippen LogP contribution in [0.4, 0.5) is 0 Å². The number of hydrogen-bond acceptors (Lipinski definition) is 9. The fourth-order valence-corrected chi connectivity index (χ4v) is 2.87. The molecule has 0 amide bonds. The Morgan fingerprint density at radius 1 is 1.22 bits per heavy atom. The number of aromatic hydroxyl groups is 1. The first-order chi connectivity index (χ1) is 12.7. The van der Waals surface area contributed by atoms with Crippen LogP contribution in [0.3, 0.4) is 0 Å². The maximum atomic E-state index is 12.0. The first-order valence-corrected chi connectivity index (χ1v) is 8.13. The molecule has 0 aromatic heterocycles. The molecule has 9 nitrogen and oxygen atoms in total. The Morgan fingerprint density at radius 3 is 2.56 bits per heavy atom. The Kier molecular flexibility index (Phi) is 6.42. The second kappa shape index (κ2) is 8.38. The van der Waals surface area contributed by atoms with Gasteiger partial charge in [0.1, 0.15) is 12.2 Å². The van der Waals surface area contributed by atoms with E-state index in [1.165, 1.54) is 31.4 Å². The number of hydrogen-bond donors (Lipinski definition) is 4. The van der Waals surface area contributed by atoms with Crippen LogP contribution in [0, 0.1) is 0 Å². The second-order valence-electron chi connectivity index (χ2n) is 6.23. The van der Waals surface area contributed by atoms with Gasteiger partial charge in [0.2, 0.25) is 0 Å². The van der Waals surface area contributed by atoms with Crippen molar-refractivity contribution < 1.29 is 44.2 Å². The summed E-state index contributed by atoms with van der Waals surface area (Å²) in [6, 6.07) is 4.42. The van der Waals surface area contributed by atoms with Gasteiger partial charge < -0.3 is 34.6 Å². The number of phenolic OH excluding ortho intramolecular Hbond substituents is 1. The van der Waals surface area contributed by atoms with Crippen LogP contribution in [0.2, 0.25) is 0 Å². The number of aliphatic hydroxyl groups is 3. The third-order valence-corrected chi connectivity index (χ3v) is 4.31. The Bertz CT molecular complexity index is 730. The highest BCUT2D eigenvalue weighted by Crippen LogP contribution is 2.32. The summed E-state index contributed by atoms with van der Waals surface area (Å²) >= 11 is 0. The lowest BCUT2D eigenvalue weighted by molar-refractivity contribution is -0.198. The molecule has 0 unspecified atom stereocenters. The molecular formula is C18H22O9.